The van der Waals surface area contributed by atoms with E-state index in [4.69, 9.17) is 11.6 Å². The van der Waals surface area contributed by atoms with Crippen LogP contribution in [0.5, 0.6) is 0 Å². The number of hydrogen-bond acceptors (Lipinski definition) is 4. The van der Waals surface area contributed by atoms with Crippen molar-refractivity contribution in [2.45, 2.75) is 0 Å². The lowest BCUT2D eigenvalue weighted by Crippen LogP contribution is -2.17. The number of hydrogen-bond donors (Lipinski definition) is 2. The summed E-state index contributed by atoms with van der Waals surface area (Å²) in [6.07, 6.45) is 0. The van der Waals surface area contributed by atoms with Gasteiger partial charge >= 0.3 is 0 Å². The summed E-state index contributed by atoms with van der Waals surface area (Å²) in [5.74, 6) is -0.171. The number of benzene rings is 2. The Morgan fingerprint density at radius 1 is 1.19 bits per heavy atom. The van der Waals surface area contributed by atoms with Gasteiger partial charge in [-0.25, -0.2) is 0 Å². The number of halogens is 1. The van der Waals surface area contributed by atoms with Gasteiger partial charge in [0.1, 0.15) is 0 Å². The topological polar surface area (TPSA) is 84.3 Å². The third-order valence-electron chi connectivity index (χ3n) is 2.82. The number of amides is 1. The number of nitro groups is 1. The first-order chi connectivity index (χ1) is 10.0. The van der Waals surface area contributed by atoms with E-state index in [1.54, 1.807) is 31.3 Å². The molecule has 0 atom stereocenters. The van der Waals surface area contributed by atoms with Gasteiger partial charge in [-0.1, -0.05) is 11.6 Å². The van der Waals surface area contributed by atoms with E-state index in [0.717, 1.165) is 5.69 Å². The Morgan fingerprint density at radius 2 is 1.86 bits per heavy atom. The average molecular weight is 306 g/mol. The third kappa shape index (κ3) is 3.49. The van der Waals surface area contributed by atoms with Crippen molar-refractivity contribution in [2.24, 2.45) is 0 Å². The van der Waals surface area contributed by atoms with Gasteiger partial charge in [0.25, 0.3) is 11.6 Å². The fourth-order valence-corrected chi connectivity index (χ4v) is 1.95. The molecule has 0 heterocycles. The van der Waals surface area contributed by atoms with Crippen LogP contribution < -0.4 is 10.6 Å². The maximum atomic E-state index is 11.4. The predicted molar refractivity (Wildman–Crippen MR) is 81.2 cm³/mol. The van der Waals surface area contributed by atoms with Crippen LogP contribution in [-0.4, -0.2) is 17.9 Å². The molecule has 6 nitrogen and oxygen atoms in total. The van der Waals surface area contributed by atoms with Crippen molar-refractivity contribution in [3.63, 3.8) is 0 Å². The monoisotopic (exact) mass is 305 g/mol. The molecule has 0 aliphatic carbocycles. The fraction of sp³-hybridized carbons (Fsp3) is 0.0714. The van der Waals surface area contributed by atoms with E-state index in [1.165, 1.54) is 18.2 Å². The summed E-state index contributed by atoms with van der Waals surface area (Å²) in [5.41, 5.74) is 1.74. The molecule has 0 unspecified atom stereocenters. The minimum Gasteiger partial charge on any atom is -0.355 e. The van der Waals surface area contributed by atoms with E-state index >= 15 is 0 Å². The second kappa shape index (κ2) is 6.23. The molecule has 0 saturated carbocycles. The highest BCUT2D eigenvalue weighted by Crippen LogP contribution is 2.29. The number of nitrogens with one attached hydrogen (secondary N) is 2. The molecule has 21 heavy (non-hydrogen) atoms. The van der Waals surface area contributed by atoms with Crippen LogP contribution in [0.25, 0.3) is 0 Å². The maximum absolute atomic E-state index is 11.4. The first-order valence-electron chi connectivity index (χ1n) is 6.04. The molecule has 2 N–H and O–H groups in total. The predicted octanol–water partition coefficient (Wildman–Crippen LogP) is 3.35. The first-order valence-corrected chi connectivity index (χ1v) is 6.42. The Morgan fingerprint density at radius 3 is 2.38 bits per heavy atom. The quantitative estimate of drug-likeness (QED) is 0.670. The van der Waals surface area contributed by atoms with E-state index in [-0.39, 0.29) is 16.6 Å². The molecule has 1 amide bonds. The number of carbonyl (C=O) groups is 1. The van der Waals surface area contributed by atoms with Crippen molar-refractivity contribution >= 4 is 34.6 Å². The van der Waals surface area contributed by atoms with Gasteiger partial charge in [-0.3, -0.25) is 14.9 Å². The molecule has 0 spiro atoms. The van der Waals surface area contributed by atoms with Gasteiger partial charge < -0.3 is 10.6 Å². The van der Waals surface area contributed by atoms with Crippen molar-refractivity contribution in [1.29, 1.82) is 0 Å². The molecule has 0 aliphatic rings. The molecule has 2 rings (SSSR count). The Kier molecular flexibility index (Phi) is 4.39. The molecular formula is C14H12ClN3O3. The summed E-state index contributed by atoms with van der Waals surface area (Å²) in [4.78, 5) is 21.6. The molecule has 0 fully saturated rings. The lowest BCUT2D eigenvalue weighted by molar-refractivity contribution is -0.384. The van der Waals surface area contributed by atoms with Gasteiger partial charge in [0, 0.05) is 30.4 Å². The molecule has 108 valence electrons. The van der Waals surface area contributed by atoms with Crippen LogP contribution in [0.2, 0.25) is 5.02 Å². The van der Waals surface area contributed by atoms with Crippen molar-refractivity contribution in [3.8, 4) is 0 Å². The number of nitro benzene ring substituents is 1. The highest BCUT2D eigenvalue weighted by molar-refractivity contribution is 6.33. The summed E-state index contributed by atoms with van der Waals surface area (Å²) >= 11 is 6.00. The minimum atomic E-state index is -0.506. The molecule has 0 aromatic heterocycles. The van der Waals surface area contributed by atoms with Crippen molar-refractivity contribution < 1.29 is 9.72 Å². The van der Waals surface area contributed by atoms with E-state index in [1.807, 2.05) is 0 Å². The summed E-state index contributed by atoms with van der Waals surface area (Å²) < 4.78 is 0. The Balaban J connectivity index is 2.18. The molecule has 0 bridgehead atoms. The molecule has 0 aliphatic heterocycles. The van der Waals surface area contributed by atoms with E-state index in [9.17, 15) is 14.9 Å². The number of non-ortho nitro benzene ring substituents is 1. The average Bonchev–Trinajstić information content (AvgIpc) is 2.49. The number of nitrogens with zero attached hydrogens (tertiary/aromatic N) is 1. The number of anilines is 2. The second-order valence-electron chi connectivity index (χ2n) is 4.20. The zero-order valence-corrected chi connectivity index (χ0v) is 11.8. The maximum Gasteiger partial charge on any atom is 0.271 e. The minimum absolute atomic E-state index is 0.0690. The molecule has 2 aromatic rings. The van der Waals surface area contributed by atoms with E-state index in [0.29, 0.717) is 11.3 Å². The second-order valence-corrected chi connectivity index (χ2v) is 4.61. The third-order valence-corrected chi connectivity index (χ3v) is 3.13. The summed E-state index contributed by atoms with van der Waals surface area (Å²) in [7, 11) is 1.56. The van der Waals surface area contributed by atoms with Crippen LogP contribution in [0.3, 0.4) is 0 Å². The van der Waals surface area contributed by atoms with Crippen molar-refractivity contribution in [1.82, 2.24) is 5.32 Å². The molecule has 2 aromatic carbocycles. The normalized spacial score (nSPS) is 10.0. The van der Waals surface area contributed by atoms with Gasteiger partial charge in [0.2, 0.25) is 0 Å². The van der Waals surface area contributed by atoms with Gasteiger partial charge in [-0.15, -0.1) is 0 Å². The number of rotatable bonds is 4. The Labute approximate surface area is 125 Å². The summed E-state index contributed by atoms with van der Waals surface area (Å²) in [6.45, 7) is 0. The lowest BCUT2D eigenvalue weighted by atomic mass is 10.2. The van der Waals surface area contributed by atoms with Gasteiger partial charge in [-0.2, -0.15) is 0 Å². The molecule has 7 heteroatoms. The Hall–Kier alpha value is -2.60. The number of carbonyl (C=O) groups excluding carboxylic acids is 1. The zero-order valence-electron chi connectivity index (χ0n) is 11.1. The zero-order chi connectivity index (χ0) is 15.4. The van der Waals surface area contributed by atoms with E-state index in [2.05, 4.69) is 10.6 Å². The Bertz CT molecular complexity index is 686. The fourth-order valence-electron chi connectivity index (χ4n) is 1.72. The van der Waals surface area contributed by atoms with Crippen LogP contribution in [0.4, 0.5) is 17.1 Å². The lowest BCUT2D eigenvalue weighted by Gasteiger charge is -2.09. The van der Waals surface area contributed by atoms with Gasteiger partial charge in [0.05, 0.1) is 15.6 Å². The largest absolute Gasteiger partial charge is 0.355 e. The van der Waals surface area contributed by atoms with Crippen LogP contribution >= 0.6 is 11.6 Å². The molecule has 0 radical (unpaired) electrons. The van der Waals surface area contributed by atoms with Crippen LogP contribution in [-0.2, 0) is 0 Å². The highest BCUT2D eigenvalue weighted by atomic mass is 35.5. The molecular weight excluding hydrogens is 294 g/mol. The summed E-state index contributed by atoms with van der Waals surface area (Å²) in [6, 6.07) is 11.0. The van der Waals surface area contributed by atoms with Crippen LogP contribution in [0, 0.1) is 10.1 Å². The summed E-state index contributed by atoms with van der Waals surface area (Å²) in [5, 5.41) is 16.5. The SMILES string of the molecule is CNC(=O)c1ccc(Nc2ccc([N+](=O)[O-])cc2Cl)cc1. The van der Waals surface area contributed by atoms with Crippen LogP contribution in [0.1, 0.15) is 10.4 Å². The molecule has 0 saturated heterocycles. The standard InChI is InChI=1S/C14H12ClN3O3/c1-16-14(19)9-2-4-10(5-3-9)17-13-7-6-11(18(20)21)8-12(13)15/h2-8,17H,1H3,(H,16,19). The van der Waals surface area contributed by atoms with E-state index < -0.39 is 4.92 Å². The van der Waals surface area contributed by atoms with Gasteiger partial charge in [-0.05, 0) is 30.3 Å². The van der Waals surface area contributed by atoms with Gasteiger partial charge in [0.15, 0.2) is 0 Å². The van der Waals surface area contributed by atoms with Crippen LogP contribution in [0.15, 0.2) is 42.5 Å². The first kappa shape index (κ1) is 14.8. The smallest absolute Gasteiger partial charge is 0.271 e. The van der Waals surface area contributed by atoms with Crippen molar-refractivity contribution in [3.05, 3.63) is 63.2 Å². The highest BCUT2D eigenvalue weighted by Gasteiger charge is 2.09. The van der Waals surface area contributed by atoms with Crippen molar-refractivity contribution in [2.75, 3.05) is 12.4 Å².